The van der Waals surface area contributed by atoms with Crippen molar-refractivity contribution in [3.8, 4) is 11.5 Å². The third kappa shape index (κ3) is 4.60. The predicted molar refractivity (Wildman–Crippen MR) is 123 cm³/mol. The van der Waals surface area contributed by atoms with E-state index in [-0.39, 0.29) is 24.1 Å². The van der Waals surface area contributed by atoms with Crippen LogP contribution in [0.15, 0.2) is 33.9 Å². The number of esters is 1. The summed E-state index contributed by atoms with van der Waals surface area (Å²) < 4.78 is 47.3. The lowest BCUT2D eigenvalue weighted by molar-refractivity contribution is -0.113. The molecule has 1 unspecified atom stereocenters. The minimum Gasteiger partial charge on any atom is -0.485 e. The molecule has 184 valence electrons. The van der Waals surface area contributed by atoms with Crippen LogP contribution in [0, 0.1) is 0 Å². The molecule has 0 saturated carbocycles. The number of para-hydroxylation sites is 2. The zero-order chi connectivity index (χ0) is 24.6. The number of rotatable bonds is 7. The van der Waals surface area contributed by atoms with E-state index in [4.69, 9.17) is 18.6 Å². The van der Waals surface area contributed by atoms with Crippen molar-refractivity contribution < 1.29 is 36.6 Å². The highest BCUT2D eigenvalue weighted by atomic mass is 32.2. The number of thiophene rings is 1. The Morgan fingerprint density at radius 3 is 2.80 bits per heavy atom. The van der Waals surface area contributed by atoms with Crippen LogP contribution in [0.3, 0.4) is 0 Å². The van der Waals surface area contributed by atoms with Crippen molar-refractivity contribution in [2.24, 2.45) is 0 Å². The number of carbonyl (C=O) groups is 2. The highest BCUT2D eigenvalue weighted by Crippen LogP contribution is 2.40. The third-order valence-corrected chi connectivity index (χ3v) is 7.99. The minimum absolute atomic E-state index is 0.0544. The van der Waals surface area contributed by atoms with Gasteiger partial charge in [0.15, 0.2) is 11.5 Å². The van der Waals surface area contributed by atoms with E-state index in [1.54, 1.807) is 31.2 Å². The number of hydrogen-bond donors (Lipinski definition) is 1. The van der Waals surface area contributed by atoms with Gasteiger partial charge >= 0.3 is 11.2 Å². The predicted octanol–water partition coefficient (Wildman–Crippen LogP) is 2.72. The number of hydrogen-bond acceptors (Lipinski definition) is 11. The van der Waals surface area contributed by atoms with Crippen LogP contribution in [-0.2, 0) is 32.2 Å². The number of benzene rings is 1. The summed E-state index contributed by atoms with van der Waals surface area (Å²) in [6.07, 6.45) is 1.62. The molecule has 1 aliphatic carbocycles. The van der Waals surface area contributed by atoms with Crippen molar-refractivity contribution in [1.29, 1.82) is 0 Å². The molecule has 1 amide bonds. The first-order valence-electron chi connectivity index (χ1n) is 10.9. The molecule has 1 N–H and O–H groups in total. The van der Waals surface area contributed by atoms with E-state index in [2.05, 4.69) is 15.5 Å². The van der Waals surface area contributed by atoms with Gasteiger partial charge in [0.1, 0.15) is 17.4 Å². The summed E-state index contributed by atoms with van der Waals surface area (Å²) in [6.45, 7) is 1.93. The van der Waals surface area contributed by atoms with Crippen LogP contribution in [0.5, 0.6) is 11.5 Å². The number of carbonyl (C=O) groups excluding carboxylic acids is 2. The van der Waals surface area contributed by atoms with Gasteiger partial charge in [-0.25, -0.2) is 13.2 Å². The Morgan fingerprint density at radius 1 is 1.20 bits per heavy atom. The summed E-state index contributed by atoms with van der Waals surface area (Å²) in [7, 11) is -4.26. The Morgan fingerprint density at radius 2 is 2.00 bits per heavy atom. The molecule has 0 spiro atoms. The molecule has 0 saturated heterocycles. The van der Waals surface area contributed by atoms with Gasteiger partial charge in [0.25, 0.3) is 5.89 Å². The molecule has 35 heavy (non-hydrogen) atoms. The van der Waals surface area contributed by atoms with E-state index in [0.29, 0.717) is 23.5 Å². The van der Waals surface area contributed by atoms with Crippen molar-refractivity contribution >= 4 is 38.1 Å². The standard InChI is InChI=1S/C22H21N3O8S2/c1-2-30-21(27)18-12-6-5-9-16(12)34-20(18)23-17(26)11-35(28,29)22-25-24-19(33-22)15-10-31-13-7-3-4-8-14(13)32-15/h3-4,7-8,15H,2,5-6,9-11H2,1H3,(H,23,26). The van der Waals surface area contributed by atoms with Crippen LogP contribution in [-0.4, -0.2) is 49.5 Å². The number of fused-ring (bicyclic) bond motifs is 2. The van der Waals surface area contributed by atoms with Crippen LogP contribution in [0.25, 0.3) is 0 Å². The molecular weight excluding hydrogens is 498 g/mol. The van der Waals surface area contributed by atoms with Crippen LogP contribution < -0.4 is 14.8 Å². The lowest BCUT2D eigenvalue weighted by Crippen LogP contribution is -2.24. The van der Waals surface area contributed by atoms with Gasteiger partial charge in [-0.05, 0) is 43.9 Å². The van der Waals surface area contributed by atoms with Gasteiger partial charge in [0.05, 0.1) is 12.2 Å². The molecule has 1 atom stereocenters. The molecule has 5 rings (SSSR count). The van der Waals surface area contributed by atoms with E-state index in [1.165, 1.54) is 11.3 Å². The van der Waals surface area contributed by atoms with Gasteiger partial charge in [-0.2, -0.15) is 0 Å². The molecule has 2 aliphatic rings. The monoisotopic (exact) mass is 519 g/mol. The van der Waals surface area contributed by atoms with E-state index >= 15 is 0 Å². The minimum atomic E-state index is -4.26. The first kappa shape index (κ1) is 23.3. The van der Waals surface area contributed by atoms with Crippen LogP contribution in [0.4, 0.5) is 5.00 Å². The second-order valence-electron chi connectivity index (χ2n) is 7.86. The lowest BCUT2D eigenvalue weighted by Gasteiger charge is -2.23. The molecule has 11 nitrogen and oxygen atoms in total. The topological polar surface area (TPSA) is 147 Å². The van der Waals surface area contributed by atoms with Crippen LogP contribution >= 0.6 is 11.3 Å². The fourth-order valence-electron chi connectivity index (χ4n) is 3.93. The largest absolute Gasteiger partial charge is 0.485 e. The van der Waals surface area contributed by atoms with Gasteiger partial charge in [0, 0.05) is 4.88 Å². The van der Waals surface area contributed by atoms with Gasteiger partial charge in [-0.3, -0.25) is 4.79 Å². The summed E-state index contributed by atoms with van der Waals surface area (Å²) in [5.41, 5.74) is 1.15. The molecule has 13 heteroatoms. The normalized spacial score (nSPS) is 16.5. The van der Waals surface area contributed by atoms with Crippen LogP contribution in [0.2, 0.25) is 0 Å². The second kappa shape index (κ2) is 9.30. The molecule has 2 aromatic heterocycles. The van der Waals surface area contributed by atoms with E-state index in [0.717, 1.165) is 23.3 Å². The lowest BCUT2D eigenvalue weighted by atomic mass is 10.1. The Kier molecular flexibility index (Phi) is 6.19. The number of nitrogens with one attached hydrogen (secondary N) is 1. The van der Waals surface area contributed by atoms with E-state index in [1.807, 2.05) is 0 Å². The number of anilines is 1. The summed E-state index contributed by atoms with van der Waals surface area (Å²) in [4.78, 5) is 26.1. The number of aromatic nitrogens is 2. The molecule has 3 heterocycles. The molecule has 1 aliphatic heterocycles. The van der Waals surface area contributed by atoms with Gasteiger partial charge in [0.2, 0.25) is 21.8 Å². The first-order chi connectivity index (χ1) is 16.9. The zero-order valence-corrected chi connectivity index (χ0v) is 20.2. The summed E-state index contributed by atoms with van der Waals surface area (Å²) in [6, 6.07) is 7.00. The smallest absolute Gasteiger partial charge is 0.341 e. The highest BCUT2D eigenvalue weighted by molar-refractivity contribution is 7.91. The van der Waals surface area contributed by atoms with Crippen molar-refractivity contribution in [3.63, 3.8) is 0 Å². The molecular formula is C22H21N3O8S2. The quantitative estimate of drug-likeness (QED) is 0.462. The SMILES string of the molecule is CCOC(=O)c1c(NC(=O)CS(=O)(=O)c2nnc(C3COc4ccccc4O3)o2)sc2c1CCC2. The molecule has 3 aromatic rings. The summed E-state index contributed by atoms with van der Waals surface area (Å²) in [5, 5.41) is 9.50. The molecule has 0 bridgehead atoms. The molecule has 1 aromatic carbocycles. The first-order valence-corrected chi connectivity index (χ1v) is 13.4. The average molecular weight is 520 g/mol. The third-order valence-electron chi connectivity index (χ3n) is 5.45. The van der Waals surface area contributed by atoms with Crippen LogP contribution in [0.1, 0.15) is 46.1 Å². The van der Waals surface area contributed by atoms with E-state index in [9.17, 15) is 18.0 Å². The Labute approximate surface area is 204 Å². The fourth-order valence-corrected chi connectivity index (χ4v) is 6.14. The average Bonchev–Trinajstić information content (AvgIpc) is 3.55. The summed E-state index contributed by atoms with van der Waals surface area (Å²) in [5.74, 6) is -1.38. The number of sulfone groups is 1. The number of ether oxygens (including phenoxy) is 3. The van der Waals surface area contributed by atoms with Crippen molar-refractivity contribution in [1.82, 2.24) is 10.2 Å². The number of aryl methyl sites for hydroxylation is 1. The number of amides is 1. The molecule has 0 fully saturated rings. The van der Waals surface area contributed by atoms with E-state index < -0.39 is 38.8 Å². The maximum absolute atomic E-state index is 12.8. The fraction of sp³-hybridized carbons (Fsp3) is 0.364. The molecule has 0 radical (unpaired) electrons. The Hall–Kier alpha value is -3.45. The van der Waals surface area contributed by atoms with Gasteiger partial charge in [-0.15, -0.1) is 16.4 Å². The summed E-state index contributed by atoms with van der Waals surface area (Å²) >= 11 is 1.26. The van der Waals surface area contributed by atoms with Gasteiger partial charge < -0.3 is 23.9 Å². The maximum atomic E-state index is 12.8. The van der Waals surface area contributed by atoms with Crippen molar-refractivity contribution in [2.45, 2.75) is 37.5 Å². The van der Waals surface area contributed by atoms with Crippen molar-refractivity contribution in [3.05, 3.63) is 46.2 Å². The maximum Gasteiger partial charge on any atom is 0.341 e. The zero-order valence-electron chi connectivity index (χ0n) is 18.6. The Balaban J connectivity index is 1.29. The number of nitrogens with zero attached hydrogens (tertiary/aromatic N) is 2. The Bertz CT molecular complexity index is 1400. The second-order valence-corrected chi connectivity index (χ2v) is 10.8. The highest BCUT2D eigenvalue weighted by Gasteiger charge is 2.33. The van der Waals surface area contributed by atoms with Gasteiger partial charge in [-0.1, -0.05) is 17.2 Å². The van der Waals surface area contributed by atoms with Crippen molar-refractivity contribution in [2.75, 3.05) is 24.3 Å².